The Labute approximate surface area is 109 Å². The van der Waals surface area contributed by atoms with Crippen molar-refractivity contribution in [2.24, 2.45) is 0 Å². The van der Waals surface area contributed by atoms with E-state index in [1.54, 1.807) is 11.3 Å². The normalized spacial score (nSPS) is 26.1. The quantitative estimate of drug-likeness (QED) is 0.786. The largest absolute Gasteiger partial charge is 0.373 e. The van der Waals surface area contributed by atoms with Crippen LogP contribution in [0.4, 0.5) is 5.13 Å². The number of aryl methyl sites for hydroxylation is 2. The van der Waals surface area contributed by atoms with Gasteiger partial charge in [0.1, 0.15) is 0 Å². The molecule has 0 spiro atoms. The molecular formula is C11H17BrN2OS. The van der Waals surface area contributed by atoms with Gasteiger partial charge in [-0.25, -0.2) is 4.98 Å². The maximum Gasteiger partial charge on any atom is 0.186 e. The smallest absolute Gasteiger partial charge is 0.186 e. The van der Waals surface area contributed by atoms with Gasteiger partial charge in [0, 0.05) is 16.8 Å². The van der Waals surface area contributed by atoms with Crippen LogP contribution in [0.2, 0.25) is 0 Å². The molecule has 16 heavy (non-hydrogen) atoms. The molecule has 2 atom stereocenters. The number of alkyl halides is 1. The molecule has 5 heteroatoms. The maximum absolute atomic E-state index is 5.72. The molecule has 0 radical (unpaired) electrons. The Morgan fingerprint density at radius 3 is 2.88 bits per heavy atom. The second-order valence-electron chi connectivity index (χ2n) is 4.25. The first-order valence-electron chi connectivity index (χ1n) is 5.50. The fraction of sp³-hybridized carbons (Fsp3) is 0.727. The summed E-state index contributed by atoms with van der Waals surface area (Å²) in [6.45, 7) is 8.11. The second-order valence-corrected chi connectivity index (χ2v) is 6.08. The molecule has 2 unspecified atom stereocenters. The number of nitrogens with zero attached hydrogens (tertiary/aromatic N) is 2. The monoisotopic (exact) mass is 304 g/mol. The number of hydrogen-bond acceptors (Lipinski definition) is 4. The highest BCUT2D eigenvalue weighted by Gasteiger charge is 2.27. The van der Waals surface area contributed by atoms with Crippen molar-refractivity contribution in [1.29, 1.82) is 0 Å². The Hall–Kier alpha value is -0.130. The summed E-state index contributed by atoms with van der Waals surface area (Å²) >= 11 is 5.26. The maximum atomic E-state index is 5.72. The summed E-state index contributed by atoms with van der Waals surface area (Å²) in [6.07, 6.45) is 0.278. The third-order valence-corrected chi connectivity index (χ3v) is 4.77. The van der Waals surface area contributed by atoms with Crippen molar-refractivity contribution in [1.82, 2.24) is 4.98 Å². The van der Waals surface area contributed by atoms with Crippen molar-refractivity contribution in [3.8, 4) is 0 Å². The lowest BCUT2D eigenvalue weighted by molar-refractivity contribution is 0.0379. The number of halogens is 1. The zero-order chi connectivity index (χ0) is 11.7. The summed E-state index contributed by atoms with van der Waals surface area (Å²) in [5, 5.41) is 2.02. The summed E-state index contributed by atoms with van der Waals surface area (Å²) in [5.74, 6) is 0. The highest BCUT2D eigenvalue weighted by atomic mass is 79.9. The van der Waals surface area contributed by atoms with E-state index in [2.05, 4.69) is 46.6 Å². The summed E-state index contributed by atoms with van der Waals surface area (Å²) in [7, 11) is 0. The van der Waals surface area contributed by atoms with Gasteiger partial charge in [-0.2, -0.15) is 0 Å². The third kappa shape index (κ3) is 2.41. The molecule has 2 rings (SSSR count). The summed E-state index contributed by atoms with van der Waals surface area (Å²) in [6, 6.07) is 0.417. The SMILES string of the molecule is Cc1nc(N2CC(CBr)OCC2C)sc1C. The van der Waals surface area contributed by atoms with Crippen LogP contribution >= 0.6 is 27.3 Å². The van der Waals surface area contributed by atoms with Gasteiger partial charge in [-0.15, -0.1) is 11.3 Å². The van der Waals surface area contributed by atoms with Crippen molar-refractivity contribution in [3.63, 3.8) is 0 Å². The van der Waals surface area contributed by atoms with Gasteiger partial charge in [-0.3, -0.25) is 0 Å². The number of thiazole rings is 1. The van der Waals surface area contributed by atoms with Crippen molar-refractivity contribution in [3.05, 3.63) is 10.6 Å². The van der Waals surface area contributed by atoms with E-state index < -0.39 is 0 Å². The molecule has 3 nitrogen and oxygen atoms in total. The van der Waals surface area contributed by atoms with Gasteiger partial charge in [0.05, 0.1) is 24.4 Å². The summed E-state index contributed by atoms with van der Waals surface area (Å²) in [5.41, 5.74) is 1.15. The molecule has 0 bridgehead atoms. The standard InChI is InChI=1S/C11H17BrN2OS/c1-7-6-15-10(4-12)5-14(7)11-13-8(2)9(3)16-11/h7,10H,4-6H2,1-3H3. The Morgan fingerprint density at radius 2 is 2.31 bits per heavy atom. The van der Waals surface area contributed by atoms with Gasteiger partial charge >= 0.3 is 0 Å². The van der Waals surface area contributed by atoms with Crippen molar-refractivity contribution < 1.29 is 4.74 Å². The Balaban J connectivity index is 2.17. The van der Waals surface area contributed by atoms with Gasteiger partial charge in [0.2, 0.25) is 0 Å². The van der Waals surface area contributed by atoms with Gasteiger partial charge in [-0.05, 0) is 20.8 Å². The van der Waals surface area contributed by atoms with Gasteiger partial charge in [0.15, 0.2) is 5.13 Å². The average molecular weight is 305 g/mol. The molecule has 1 aromatic rings. The van der Waals surface area contributed by atoms with Crippen molar-refractivity contribution >= 4 is 32.4 Å². The van der Waals surface area contributed by atoms with E-state index in [1.807, 2.05) is 0 Å². The molecule has 1 aliphatic heterocycles. The van der Waals surface area contributed by atoms with Crippen LogP contribution in [-0.2, 0) is 4.74 Å². The second kappa shape index (κ2) is 5.02. The minimum atomic E-state index is 0.278. The number of ether oxygens (including phenoxy) is 1. The van der Waals surface area contributed by atoms with Gasteiger partial charge in [-0.1, -0.05) is 15.9 Å². The summed E-state index contributed by atoms with van der Waals surface area (Å²) < 4.78 is 5.72. The van der Waals surface area contributed by atoms with E-state index >= 15 is 0 Å². The molecule has 0 aliphatic carbocycles. The van der Waals surface area contributed by atoms with E-state index in [9.17, 15) is 0 Å². The number of hydrogen-bond donors (Lipinski definition) is 0. The van der Waals surface area contributed by atoms with E-state index in [1.165, 1.54) is 4.88 Å². The number of morpholine rings is 1. The number of aromatic nitrogens is 1. The molecule has 2 heterocycles. The third-order valence-electron chi connectivity index (χ3n) is 2.94. The molecular weight excluding hydrogens is 288 g/mol. The predicted molar refractivity (Wildman–Crippen MR) is 71.9 cm³/mol. The minimum Gasteiger partial charge on any atom is -0.373 e. The molecule has 1 aromatic heterocycles. The molecule has 90 valence electrons. The van der Waals surface area contributed by atoms with Crippen LogP contribution in [0.3, 0.4) is 0 Å². The highest BCUT2D eigenvalue weighted by molar-refractivity contribution is 9.09. The fourth-order valence-corrected chi connectivity index (χ4v) is 3.17. The zero-order valence-electron chi connectivity index (χ0n) is 9.86. The van der Waals surface area contributed by atoms with Gasteiger partial charge in [0.25, 0.3) is 0 Å². The van der Waals surface area contributed by atoms with Crippen LogP contribution in [0.25, 0.3) is 0 Å². The highest BCUT2D eigenvalue weighted by Crippen LogP contribution is 2.29. The average Bonchev–Trinajstić information content (AvgIpc) is 2.60. The van der Waals surface area contributed by atoms with Crippen LogP contribution in [-0.4, -0.2) is 35.6 Å². The number of rotatable bonds is 2. The van der Waals surface area contributed by atoms with Crippen LogP contribution in [0.15, 0.2) is 0 Å². The van der Waals surface area contributed by atoms with E-state index in [4.69, 9.17) is 4.74 Å². The predicted octanol–water partition coefficient (Wildman–Crippen LogP) is 2.75. The van der Waals surface area contributed by atoms with E-state index in [0.717, 1.165) is 29.3 Å². The van der Waals surface area contributed by atoms with Crippen LogP contribution in [0.5, 0.6) is 0 Å². The lowest BCUT2D eigenvalue weighted by atomic mass is 10.2. The molecule has 0 aromatic carbocycles. The van der Waals surface area contributed by atoms with Crippen LogP contribution in [0.1, 0.15) is 17.5 Å². The molecule has 0 saturated carbocycles. The Morgan fingerprint density at radius 1 is 1.56 bits per heavy atom. The van der Waals surface area contributed by atoms with Crippen molar-refractivity contribution in [2.45, 2.75) is 32.9 Å². The molecule has 1 fully saturated rings. The summed E-state index contributed by atoms with van der Waals surface area (Å²) in [4.78, 5) is 8.30. The van der Waals surface area contributed by atoms with Crippen molar-refractivity contribution in [2.75, 3.05) is 23.4 Å². The zero-order valence-corrected chi connectivity index (χ0v) is 12.3. The number of anilines is 1. The lowest BCUT2D eigenvalue weighted by Crippen LogP contribution is -2.49. The minimum absolute atomic E-state index is 0.278. The first-order valence-corrected chi connectivity index (χ1v) is 7.44. The van der Waals surface area contributed by atoms with Crippen LogP contribution < -0.4 is 4.90 Å². The first-order chi connectivity index (χ1) is 7.61. The fourth-order valence-electron chi connectivity index (χ4n) is 1.76. The van der Waals surface area contributed by atoms with E-state index in [-0.39, 0.29) is 6.10 Å². The topological polar surface area (TPSA) is 25.4 Å². The Kier molecular flexibility index (Phi) is 3.87. The van der Waals surface area contributed by atoms with Gasteiger partial charge < -0.3 is 9.64 Å². The molecule has 0 amide bonds. The molecule has 1 saturated heterocycles. The Bertz CT molecular complexity index is 349. The van der Waals surface area contributed by atoms with Crippen LogP contribution in [0, 0.1) is 13.8 Å². The lowest BCUT2D eigenvalue weighted by Gasteiger charge is -2.37. The van der Waals surface area contributed by atoms with E-state index in [0.29, 0.717) is 6.04 Å². The molecule has 1 aliphatic rings. The molecule has 0 N–H and O–H groups in total. The first kappa shape index (κ1) is 12.3.